The number of nitrogens with one attached hydrogen (secondary N) is 1. The summed E-state index contributed by atoms with van der Waals surface area (Å²) in [7, 11) is 4.51. The predicted octanol–water partition coefficient (Wildman–Crippen LogP) is 4.17. The molecule has 0 fully saturated rings. The standard InChI is InChI=1S/C18H18ClNO4/c1-22-14-10-16(23-2)18(17(11-14)24-3)15(21)8-9-20-13-6-4-12(19)5-7-13/h4-11,20H,1-3H3/b9-8-. The molecule has 0 bridgehead atoms. The molecule has 0 atom stereocenters. The van der Waals surface area contributed by atoms with Crippen LogP contribution in [0.3, 0.4) is 0 Å². The molecule has 2 rings (SSSR count). The quantitative estimate of drug-likeness (QED) is 0.601. The number of allylic oxidation sites excluding steroid dienone is 1. The molecule has 6 heteroatoms. The smallest absolute Gasteiger partial charge is 0.194 e. The van der Waals surface area contributed by atoms with E-state index in [0.717, 1.165) is 5.69 Å². The van der Waals surface area contributed by atoms with Gasteiger partial charge in [0, 0.05) is 35.1 Å². The molecule has 0 aromatic heterocycles. The van der Waals surface area contributed by atoms with Crippen LogP contribution in [0.15, 0.2) is 48.7 Å². The van der Waals surface area contributed by atoms with Gasteiger partial charge in [0.2, 0.25) is 0 Å². The minimum absolute atomic E-state index is 0.257. The second-order valence-electron chi connectivity index (χ2n) is 4.76. The number of rotatable bonds is 7. The highest BCUT2D eigenvalue weighted by Crippen LogP contribution is 2.34. The topological polar surface area (TPSA) is 56.8 Å². The van der Waals surface area contributed by atoms with Crippen LogP contribution in [-0.2, 0) is 0 Å². The second-order valence-corrected chi connectivity index (χ2v) is 5.19. The summed E-state index contributed by atoms with van der Waals surface area (Å²) in [6.07, 6.45) is 2.95. The Hall–Kier alpha value is -2.66. The number of ketones is 1. The van der Waals surface area contributed by atoms with E-state index in [9.17, 15) is 4.79 Å². The fraction of sp³-hybridized carbons (Fsp3) is 0.167. The molecule has 2 aromatic carbocycles. The van der Waals surface area contributed by atoms with Gasteiger partial charge in [0.15, 0.2) is 5.78 Å². The fourth-order valence-electron chi connectivity index (χ4n) is 2.09. The monoisotopic (exact) mass is 347 g/mol. The van der Waals surface area contributed by atoms with Crippen molar-refractivity contribution in [3.63, 3.8) is 0 Å². The summed E-state index contributed by atoms with van der Waals surface area (Å²) >= 11 is 5.83. The molecule has 0 aliphatic rings. The molecule has 24 heavy (non-hydrogen) atoms. The summed E-state index contributed by atoms with van der Waals surface area (Å²) in [5.41, 5.74) is 1.15. The van der Waals surface area contributed by atoms with Crippen molar-refractivity contribution < 1.29 is 19.0 Å². The van der Waals surface area contributed by atoms with Crippen LogP contribution >= 0.6 is 11.6 Å². The first-order valence-electron chi connectivity index (χ1n) is 7.12. The molecule has 0 unspecified atom stereocenters. The maximum absolute atomic E-state index is 12.5. The molecule has 0 saturated heterocycles. The first-order chi connectivity index (χ1) is 11.6. The summed E-state index contributed by atoms with van der Waals surface area (Å²) in [5, 5.41) is 3.65. The van der Waals surface area contributed by atoms with Crippen LogP contribution in [-0.4, -0.2) is 27.1 Å². The highest BCUT2D eigenvalue weighted by atomic mass is 35.5. The lowest BCUT2D eigenvalue weighted by atomic mass is 10.1. The van der Waals surface area contributed by atoms with E-state index in [0.29, 0.717) is 27.8 Å². The van der Waals surface area contributed by atoms with E-state index in [2.05, 4.69) is 5.32 Å². The Balaban J connectivity index is 2.22. The van der Waals surface area contributed by atoms with Gasteiger partial charge >= 0.3 is 0 Å². The van der Waals surface area contributed by atoms with Gasteiger partial charge in [-0.2, -0.15) is 0 Å². The molecule has 1 N–H and O–H groups in total. The fourth-order valence-corrected chi connectivity index (χ4v) is 2.22. The van der Waals surface area contributed by atoms with Crippen molar-refractivity contribution in [1.29, 1.82) is 0 Å². The molecule has 0 saturated carbocycles. The van der Waals surface area contributed by atoms with Crippen molar-refractivity contribution in [3.05, 3.63) is 59.3 Å². The van der Waals surface area contributed by atoms with Crippen molar-refractivity contribution in [1.82, 2.24) is 0 Å². The molecule has 5 nitrogen and oxygen atoms in total. The number of ether oxygens (including phenoxy) is 3. The van der Waals surface area contributed by atoms with Gasteiger partial charge in [-0.15, -0.1) is 0 Å². The minimum atomic E-state index is -0.257. The molecule has 0 amide bonds. The zero-order chi connectivity index (χ0) is 17.5. The molecule has 0 aliphatic carbocycles. The number of hydrogen-bond donors (Lipinski definition) is 1. The first-order valence-corrected chi connectivity index (χ1v) is 7.49. The van der Waals surface area contributed by atoms with Crippen LogP contribution in [0.4, 0.5) is 5.69 Å². The number of methoxy groups -OCH3 is 3. The molecule has 0 spiro atoms. The zero-order valence-electron chi connectivity index (χ0n) is 13.6. The maximum Gasteiger partial charge on any atom is 0.194 e. The van der Waals surface area contributed by atoms with Gasteiger partial charge in [0.1, 0.15) is 22.8 Å². The van der Waals surface area contributed by atoms with E-state index in [1.807, 2.05) is 12.1 Å². The van der Waals surface area contributed by atoms with Crippen molar-refractivity contribution >= 4 is 23.1 Å². The Morgan fingerprint density at radius 3 is 2.08 bits per heavy atom. The van der Waals surface area contributed by atoms with Crippen molar-refractivity contribution in [2.45, 2.75) is 0 Å². The summed E-state index contributed by atoms with van der Waals surface area (Å²) in [4.78, 5) is 12.5. The largest absolute Gasteiger partial charge is 0.496 e. The van der Waals surface area contributed by atoms with E-state index in [1.165, 1.54) is 27.4 Å². The Morgan fingerprint density at radius 1 is 1.00 bits per heavy atom. The van der Waals surface area contributed by atoms with Crippen molar-refractivity contribution in [2.75, 3.05) is 26.6 Å². The van der Waals surface area contributed by atoms with E-state index < -0.39 is 0 Å². The van der Waals surface area contributed by atoms with Gasteiger partial charge in [-0.1, -0.05) is 11.6 Å². The number of carbonyl (C=O) groups excluding carboxylic acids is 1. The van der Waals surface area contributed by atoms with Gasteiger partial charge in [-0.05, 0) is 24.3 Å². The zero-order valence-corrected chi connectivity index (χ0v) is 14.4. The third-order valence-corrected chi connectivity index (χ3v) is 3.54. The first kappa shape index (κ1) is 17.7. The van der Waals surface area contributed by atoms with Crippen LogP contribution in [0.5, 0.6) is 17.2 Å². The Morgan fingerprint density at radius 2 is 1.58 bits per heavy atom. The molecular formula is C18H18ClNO4. The molecular weight excluding hydrogens is 330 g/mol. The normalized spacial score (nSPS) is 10.5. The van der Waals surface area contributed by atoms with Crippen LogP contribution in [0.2, 0.25) is 5.02 Å². The highest BCUT2D eigenvalue weighted by Gasteiger charge is 2.18. The number of halogens is 1. The molecule has 0 heterocycles. The van der Waals surface area contributed by atoms with Crippen molar-refractivity contribution in [2.24, 2.45) is 0 Å². The molecule has 0 radical (unpaired) electrons. The molecule has 2 aromatic rings. The second kappa shape index (κ2) is 8.26. The molecule has 126 valence electrons. The van der Waals surface area contributed by atoms with Crippen molar-refractivity contribution in [3.8, 4) is 17.2 Å². The summed E-state index contributed by atoms with van der Waals surface area (Å²) in [6, 6.07) is 10.4. The predicted molar refractivity (Wildman–Crippen MR) is 94.6 cm³/mol. The van der Waals surface area contributed by atoms with Gasteiger partial charge in [-0.25, -0.2) is 0 Å². The van der Waals surface area contributed by atoms with Crippen LogP contribution in [0.1, 0.15) is 10.4 Å². The Bertz CT molecular complexity index is 716. The summed E-state index contributed by atoms with van der Waals surface area (Å²) in [6.45, 7) is 0. The third-order valence-electron chi connectivity index (χ3n) is 3.29. The highest BCUT2D eigenvalue weighted by molar-refractivity contribution is 6.30. The summed E-state index contributed by atoms with van der Waals surface area (Å²) < 4.78 is 15.7. The number of benzene rings is 2. The van der Waals surface area contributed by atoms with Gasteiger partial charge < -0.3 is 19.5 Å². The summed E-state index contributed by atoms with van der Waals surface area (Å²) in [5.74, 6) is 1.05. The lowest BCUT2D eigenvalue weighted by Gasteiger charge is -2.13. The number of anilines is 1. The van der Waals surface area contributed by atoms with Crippen LogP contribution in [0.25, 0.3) is 0 Å². The SMILES string of the molecule is COc1cc(OC)c(C(=O)/C=C\Nc2ccc(Cl)cc2)c(OC)c1. The maximum atomic E-state index is 12.5. The lowest BCUT2D eigenvalue weighted by molar-refractivity contribution is 0.104. The van der Waals surface area contributed by atoms with Crippen LogP contribution in [0, 0.1) is 0 Å². The van der Waals surface area contributed by atoms with Crippen LogP contribution < -0.4 is 19.5 Å². The Kier molecular flexibility index (Phi) is 6.09. The molecule has 0 aliphatic heterocycles. The average molecular weight is 348 g/mol. The van der Waals surface area contributed by atoms with Gasteiger partial charge in [0.05, 0.1) is 21.3 Å². The van der Waals surface area contributed by atoms with Gasteiger partial charge in [-0.3, -0.25) is 4.79 Å². The lowest BCUT2D eigenvalue weighted by Crippen LogP contribution is -2.04. The number of hydrogen-bond acceptors (Lipinski definition) is 5. The van der Waals surface area contributed by atoms with E-state index in [1.54, 1.807) is 30.5 Å². The van der Waals surface area contributed by atoms with Gasteiger partial charge in [0.25, 0.3) is 0 Å². The van der Waals surface area contributed by atoms with E-state index in [4.69, 9.17) is 25.8 Å². The average Bonchev–Trinajstić information content (AvgIpc) is 2.61. The minimum Gasteiger partial charge on any atom is -0.496 e. The van der Waals surface area contributed by atoms with E-state index in [-0.39, 0.29) is 5.78 Å². The third kappa shape index (κ3) is 4.20. The Labute approximate surface area is 145 Å². The number of carbonyl (C=O) groups is 1. The van der Waals surface area contributed by atoms with E-state index >= 15 is 0 Å².